The fraction of sp³-hybridized carbons (Fsp3) is 0.278. The third-order valence-electron chi connectivity index (χ3n) is 4.70. The number of benzene rings is 2. The first-order valence-corrected chi connectivity index (χ1v) is 7.24. The third-order valence-corrected chi connectivity index (χ3v) is 4.70. The maximum Gasteiger partial charge on any atom is 0.107 e. The van der Waals surface area contributed by atoms with Gasteiger partial charge in [0, 0.05) is 6.04 Å². The maximum atomic E-state index is 4.93. The van der Waals surface area contributed by atoms with Crippen molar-refractivity contribution in [2.45, 2.75) is 31.6 Å². The summed E-state index contributed by atoms with van der Waals surface area (Å²) in [6.45, 7) is 4.50. The number of fused-ring (bicyclic) bond motifs is 1. The van der Waals surface area contributed by atoms with Crippen LogP contribution in [0.4, 0.5) is 0 Å². The average molecular weight is 262 g/mol. The predicted octanol–water partition coefficient (Wildman–Crippen LogP) is 3.43. The zero-order chi connectivity index (χ0) is 13.7. The molecule has 2 aromatic carbocycles. The second-order valence-electron chi connectivity index (χ2n) is 5.69. The number of aliphatic imine (C=N–C) groups is 1. The molecular formula is C18H18N2. The summed E-state index contributed by atoms with van der Waals surface area (Å²) in [4.78, 5) is 7.44. The number of hydrogen-bond acceptors (Lipinski definition) is 2. The van der Waals surface area contributed by atoms with Crippen LogP contribution in [0.15, 0.2) is 65.7 Å². The van der Waals surface area contributed by atoms with Gasteiger partial charge < -0.3 is 0 Å². The molecular weight excluding hydrogens is 244 g/mol. The Hall–Kier alpha value is -1.93. The van der Waals surface area contributed by atoms with Crippen LogP contribution in [0.25, 0.3) is 0 Å². The largest absolute Gasteiger partial charge is 0.268 e. The minimum Gasteiger partial charge on any atom is -0.268 e. The van der Waals surface area contributed by atoms with Gasteiger partial charge >= 0.3 is 0 Å². The molecule has 2 aliphatic rings. The van der Waals surface area contributed by atoms with Crippen molar-refractivity contribution in [2.24, 2.45) is 4.99 Å². The van der Waals surface area contributed by atoms with Crippen LogP contribution in [0.2, 0.25) is 0 Å². The van der Waals surface area contributed by atoms with E-state index in [1.165, 1.54) is 16.8 Å². The Labute approximate surface area is 119 Å². The molecule has 1 fully saturated rings. The Balaban J connectivity index is 1.88. The fourth-order valence-corrected chi connectivity index (χ4v) is 3.85. The maximum absolute atomic E-state index is 4.93. The molecule has 0 bridgehead atoms. The van der Waals surface area contributed by atoms with Crippen LogP contribution in [-0.2, 0) is 5.54 Å². The Kier molecular flexibility index (Phi) is 2.39. The van der Waals surface area contributed by atoms with E-state index in [0.29, 0.717) is 6.04 Å². The van der Waals surface area contributed by atoms with E-state index in [1.807, 2.05) is 0 Å². The van der Waals surface area contributed by atoms with E-state index in [2.05, 4.69) is 79.4 Å². The van der Waals surface area contributed by atoms with Crippen LogP contribution in [-0.4, -0.2) is 22.8 Å². The topological polar surface area (TPSA) is 15.4 Å². The summed E-state index contributed by atoms with van der Waals surface area (Å²) in [6, 6.07) is 21.9. The predicted molar refractivity (Wildman–Crippen MR) is 81.9 cm³/mol. The lowest BCUT2D eigenvalue weighted by molar-refractivity contribution is 0.397. The van der Waals surface area contributed by atoms with Crippen molar-refractivity contribution in [3.05, 3.63) is 71.8 Å². The van der Waals surface area contributed by atoms with Crippen molar-refractivity contribution in [3.8, 4) is 0 Å². The first kappa shape index (κ1) is 11.9. The molecule has 2 aliphatic heterocycles. The molecule has 1 saturated heterocycles. The molecule has 0 saturated carbocycles. The van der Waals surface area contributed by atoms with Gasteiger partial charge in [-0.05, 0) is 25.0 Å². The van der Waals surface area contributed by atoms with E-state index < -0.39 is 0 Å². The standard InChI is InChI=1S/C18H18N2/c1-13-18(16-11-7-4-8-12-16)17(19-14(2)20(13)18)15-9-5-3-6-10-15/h3-14H,1-2H3/t13-,14-,18-,20?/m1/s1. The average Bonchev–Trinajstić information content (AvgIpc) is 2.99. The normalized spacial score (nSPS) is 34.5. The van der Waals surface area contributed by atoms with Gasteiger partial charge in [-0.15, -0.1) is 0 Å². The fourth-order valence-electron chi connectivity index (χ4n) is 3.85. The molecule has 0 amide bonds. The van der Waals surface area contributed by atoms with Crippen LogP contribution in [0, 0.1) is 0 Å². The van der Waals surface area contributed by atoms with E-state index >= 15 is 0 Å². The first-order valence-electron chi connectivity index (χ1n) is 7.24. The molecule has 2 nitrogen and oxygen atoms in total. The highest BCUT2D eigenvalue weighted by Crippen LogP contribution is 2.57. The first-order chi connectivity index (χ1) is 9.76. The molecule has 4 rings (SSSR count). The molecule has 0 radical (unpaired) electrons. The zero-order valence-electron chi connectivity index (χ0n) is 11.8. The molecule has 0 aromatic heterocycles. The minimum atomic E-state index is -0.0119. The van der Waals surface area contributed by atoms with Crippen LogP contribution in [0.5, 0.6) is 0 Å². The molecule has 1 unspecified atom stereocenters. The molecule has 20 heavy (non-hydrogen) atoms. The Morgan fingerprint density at radius 1 is 0.900 bits per heavy atom. The van der Waals surface area contributed by atoms with Crippen LogP contribution in [0.1, 0.15) is 25.0 Å². The zero-order valence-corrected chi connectivity index (χ0v) is 11.8. The number of rotatable bonds is 2. The lowest BCUT2D eigenvalue weighted by Gasteiger charge is -2.16. The highest BCUT2D eigenvalue weighted by molar-refractivity contribution is 6.12. The van der Waals surface area contributed by atoms with E-state index in [-0.39, 0.29) is 11.7 Å². The summed E-state index contributed by atoms with van der Waals surface area (Å²) in [5, 5.41) is 0. The van der Waals surface area contributed by atoms with Crippen molar-refractivity contribution in [1.29, 1.82) is 0 Å². The molecule has 0 N–H and O–H groups in total. The van der Waals surface area contributed by atoms with Gasteiger partial charge in [0.05, 0.1) is 5.71 Å². The van der Waals surface area contributed by atoms with E-state index in [1.54, 1.807) is 0 Å². The second-order valence-corrected chi connectivity index (χ2v) is 5.69. The van der Waals surface area contributed by atoms with Crippen LogP contribution < -0.4 is 0 Å². The van der Waals surface area contributed by atoms with E-state index in [4.69, 9.17) is 4.99 Å². The third kappa shape index (κ3) is 1.35. The highest BCUT2D eigenvalue weighted by Gasteiger charge is 2.69. The van der Waals surface area contributed by atoms with Crippen molar-refractivity contribution in [3.63, 3.8) is 0 Å². The van der Waals surface area contributed by atoms with Gasteiger partial charge in [0.15, 0.2) is 0 Å². The van der Waals surface area contributed by atoms with Gasteiger partial charge in [0.1, 0.15) is 11.7 Å². The summed E-state index contributed by atoms with van der Waals surface area (Å²) in [7, 11) is 0. The Bertz CT molecular complexity index is 662. The summed E-state index contributed by atoms with van der Waals surface area (Å²) < 4.78 is 0. The lowest BCUT2D eigenvalue weighted by atomic mass is 9.87. The van der Waals surface area contributed by atoms with Crippen molar-refractivity contribution < 1.29 is 0 Å². The summed E-state index contributed by atoms with van der Waals surface area (Å²) in [5.41, 5.74) is 3.82. The Morgan fingerprint density at radius 2 is 1.50 bits per heavy atom. The summed E-state index contributed by atoms with van der Waals surface area (Å²) >= 11 is 0. The number of hydrogen-bond donors (Lipinski definition) is 0. The van der Waals surface area contributed by atoms with Gasteiger partial charge in [-0.2, -0.15) is 0 Å². The SMILES string of the molecule is C[C@@H]1N=C(c2ccccc2)[C@]2(c3ccccc3)[C@@H](C)N12. The van der Waals surface area contributed by atoms with Gasteiger partial charge in [-0.3, -0.25) is 9.89 Å². The van der Waals surface area contributed by atoms with Crippen LogP contribution >= 0.6 is 0 Å². The second kappa shape index (κ2) is 4.03. The lowest BCUT2D eigenvalue weighted by Crippen LogP contribution is -2.25. The highest BCUT2D eigenvalue weighted by atomic mass is 15.5. The Morgan fingerprint density at radius 3 is 2.10 bits per heavy atom. The van der Waals surface area contributed by atoms with Gasteiger partial charge in [-0.1, -0.05) is 60.7 Å². The minimum absolute atomic E-state index is 0.0119. The summed E-state index contributed by atoms with van der Waals surface area (Å²) in [5.74, 6) is 0. The molecule has 4 atom stereocenters. The molecule has 2 heterocycles. The van der Waals surface area contributed by atoms with E-state index in [0.717, 1.165) is 0 Å². The smallest absolute Gasteiger partial charge is 0.107 e. The van der Waals surface area contributed by atoms with Crippen molar-refractivity contribution in [1.82, 2.24) is 4.90 Å². The molecule has 0 aliphatic carbocycles. The van der Waals surface area contributed by atoms with Crippen molar-refractivity contribution in [2.75, 3.05) is 0 Å². The summed E-state index contributed by atoms with van der Waals surface area (Å²) in [6.07, 6.45) is 0.264. The van der Waals surface area contributed by atoms with Gasteiger partial charge in [-0.25, -0.2) is 0 Å². The number of nitrogens with zero attached hydrogens (tertiary/aromatic N) is 2. The molecule has 0 spiro atoms. The van der Waals surface area contributed by atoms with Gasteiger partial charge in [0.25, 0.3) is 0 Å². The quantitative estimate of drug-likeness (QED) is 0.757. The molecule has 2 aromatic rings. The van der Waals surface area contributed by atoms with Gasteiger partial charge in [0.2, 0.25) is 0 Å². The van der Waals surface area contributed by atoms with E-state index in [9.17, 15) is 0 Å². The van der Waals surface area contributed by atoms with Crippen LogP contribution in [0.3, 0.4) is 0 Å². The molecule has 100 valence electrons. The monoisotopic (exact) mass is 262 g/mol. The van der Waals surface area contributed by atoms with Crippen molar-refractivity contribution >= 4 is 5.71 Å². The molecule has 2 heteroatoms.